The number of aromatic nitrogens is 1. The van der Waals surface area contributed by atoms with Gasteiger partial charge in [-0.25, -0.2) is 14.6 Å². The lowest BCUT2D eigenvalue weighted by Crippen LogP contribution is -2.49. The van der Waals surface area contributed by atoms with Crippen LogP contribution in [0.5, 0.6) is 0 Å². The summed E-state index contributed by atoms with van der Waals surface area (Å²) in [5.74, 6) is -0.117. The van der Waals surface area contributed by atoms with Crippen molar-refractivity contribution >= 4 is 23.8 Å². The van der Waals surface area contributed by atoms with Crippen molar-refractivity contribution in [3.63, 3.8) is 0 Å². The zero-order valence-corrected chi connectivity index (χ0v) is 23.5. The molecule has 10 nitrogen and oxygen atoms in total. The predicted molar refractivity (Wildman–Crippen MR) is 147 cm³/mol. The minimum Gasteiger partial charge on any atom is -0.445 e. The van der Waals surface area contributed by atoms with Gasteiger partial charge in [0.1, 0.15) is 24.5 Å². The average Bonchev–Trinajstić information content (AvgIpc) is 3.36. The van der Waals surface area contributed by atoms with Crippen molar-refractivity contribution in [1.82, 2.24) is 20.5 Å². The number of anilines is 1. The second kappa shape index (κ2) is 13.9. The van der Waals surface area contributed by atoms with Crippen LogP contribution in [0.3, 0.4) is 0 Å². The molecule has 228 valence electrons. The van der Waals surface area contributed by atoms with E-state index in [0.717, 1.165) is 36.1 Å². The molecule has 1 saturated heterocycles. The summed E-state index contributed by atoms with van der Waals surface area (Å²) in [5.41, 5.74) is 1.23. The lowest BCUT2D eigenvalue weighted by molar-refractivity contribution is -0.150. The molecule has 2 heterocycles. The van der Waals surface area contributed by atoms with E-state index >= 15 is 0 Å². The first kappa shape index (κ1) is 31.1. The molecule has 0 bridgehead atoms. The third-order valence-corrected chi connectivity index (χ3v) is 7.67. The monoisotopic (exact) mass is 591 g/mol. The number of nitrogens with one attached hydrogen (secondary N) is 3. The molecule has 1 saturated carbocycles. The molecule has 13 heteroatoms. The van der Waals surface area contributed by atoms with Gasteiger partial charge in [-0.2, -0.15) is 13.2 Å². The van der Waals surface area contributed by atoms with Crippen LogP contribution in [0.2, 0.25) is 0 Å². The maximum absolute atomic E-state index is 13.6. The van der Waals surface area contributed by atoms with Gasteiger partial charge in [0.25, 0.3) is 0 Å². The smallest absolute Gasteiger partial charge is 0.410 e. The van der Waals surface area contributed by atoms with Gasteiger partial charge in [0, 0.05) is 13.3 Å². The quantitative estimate of drug-likeness (QED) is 0.366. The SMILES string of the molecule is COC[C@H](c1ccnc(NC(=O)C(NC(=O)OCc2ccccc2)C2CCC[C@@H](C)C2)c1)N1C[C@@H](C(F)(F)F)NC1=O. The van der Waals surface area contributed by atoms with Crippen LogP contribution in [0.15, 0.2) is 48.7 Å². The molecule has 1 aromatic carbocycles. The molecule has 2 fully saturated rings. The van der Waals surface area contributed by atoms with E-state index in [9.17, 15) is 27.6 Å². The molecule has 3 N–H and O–H groups in total. The van der Waals surface area contributed by atoms with Crippen LogP contribution in [0.4, 0.5) is 28.6 Å². The second-order valence-electron chi connectivity index (χ2n) is 10.8. The van der Waals surface area contributed by atoms with Crippen molar-refractivity contribution in [3.05, 3.63) is 59.8 Å². The van der Waals surface area contributed by atoms with E-state index < -0.39 is 48.9 Å². The number of amides is 4. The van der Waals surface area contributed by atoms with E-state index in [1.807, 2.05) is 35.6 Å². The minimum absolute atomic E-state index is 0.0475. The van der Waals surface area contributed by atoms with Crippen LogP contribution in [0.1, 0.15) is 49.8 Å². The fourth-order valence-corrected chi connectivity index (χ4v) is 5.53. The van der Waals surface area contributed by atoms with Gasteiger partial charge < -0.3 is 30.3 Å². The summed E-state index contributed by atoms with van der Waals surface area (Å²) in [7, 11) is 1.38. The van der Waals surface area contributed by atoms with Crippen molar-refractivity contribution in [1.29, 1.82) is 0 Å². The maximum atomic E-state index is 13.6. The van der Waals surface area contributed by atoms with Gasteiger partial charge in [0.05, 0.1) is 19.2 Å². The molecule has 2 unspecified atom stereocenters. The number of ether oxygens (including phenoxy) is 2. The van der Waals surface area contributed by atoms with E-state index in [2.05, 4.69) is 22.5 Å². The Kier molecular flexibility index (Phi) is 10.3. The Balaban J connectivity index is 1.48. The van der Waals surface area contributed by atoms with Gasteiger partial charge in [0.15, 0.2) is 0 Å². The van der Waals surface area contributed by atoms with E-state index in [0.29, 0.717) is 11.5 Å². The number of hydrogen-bond acceptors (Lipinski definition) is 6. The molecule has 1 aliphatic heterocycles. The summed E-state index contributed by atoms with van der Waals surface area (Å²) in [4.78, 5) is 44.0. The number of methoxy groups -OCH3 is 1. The number of carbonyl (C=O) groups is 3. The molecular weight excluding hydrogens is 555 g/mol. The fraction of sp³-hybridized carbons (Fsp3) is 0.517. The number of benzene rings is 1. The number of carbonyl (C=O) groups excluding carboxylic acids is 3. The molecule has 42 heavy (non-hydrogen) atoms. The lowest BCUT2D eigenvalue weighted by Gasteiger charge is -2.32. The molecule has 2 aromatic rings. The highest BCUT2D eigenvalue weighted by atomic mass is 19.4. The van der Waals surface area contributed by atoms with Crippen molar-refractivity contribution < 1.29 is 37.0 Å². The van der Waals surface area contributed by atoms with Crippen LogP contribution in [0.25, 0.3) is 0 Å². The van der Waals surface area contributed by atoms with Crippen LogP contribution < -0.4 is 16.0 Å². The summed E-state index contributed by atoms with van der Waals surface area (Å²) >= 11 is 0. The summed E-state index contributed by atoms with van der Waals surface area (Å²) in [5, 5.41) is 7.44. The molecule has 1 aliphatic carbocycles. The zero-order valence-electron chi connectivity index (χ0n) is 23.5. The Morgan fingerprint density at radius 1 is 1.19 bits per heavy atom. The number of alkyl carbamates (subject to hydrolysis) is 1. The number of alkyl halides is 3. The maximum Gasteiger partial charge on any atom is 0.410 e. The zero-order chi connectivity index (χ0) is 30.3. The third kappa shape index (κ3) is 8.11. The highest BCUT2D eigenvalue weighted by Crippen LogP contribution is 2.33. The van der Waals surface area contributed by atoms with Gasteiger partial charge in [-0.15, -0.1) is 0 Å². The highest BCUT2D eigenvalue weighted by Gasteiger charge is 2.48. The Hall–Kier alpha value is -3.87. The molecule has 1 aromatic heterocycles. The lowest BCUT2D eigenvalue weighted by atomic mass is 9.78. The Bertz CT molecular complexity index is 1230. The Labute approximate surface area is 242 Å². The average molecular weight is 592 g/mol. The minimum atomic E-state index is -4.60. The first-order chi connectivity index (χ1) is 20.0. The van der Waals surface area contributed by atoms with Crippen molar-refractivity contribution in [3.8, 4) is 0 Å². The Morgan fingerprint density at radius 3 is 2.62 bits per heavy atom. The summed E-state index contributed by atoms with van der Waals surface area (Å²) < 4.78 is 50.4. The first-order valence-electron chi connectivity index (χ1n) is 13.9. The van der Waals surface area contributed by atoms with Gasteiger partial charge in [0.2, 0.25) is 5.91 Å². The number of urea groups is 1. The largest absolute Gasteiger partial charge is 0.445 e. The van der Waals surface area contributed by atoms with E-state index in [1.54, 1.807) is 6.07 Å². The predicted octanol–water partition coefficient (Wildman–Crippen LogP) is 4.79. The fourth-order valence-electron chi connectivity index (χ4n) is 5.53. The van der Waals surface area contributed by atoms with Crippen molar-refractivity contribution in [2.75, 3.05) is 25.6 Å². The number of nitrogens with zero attached hydrogens (tertiary/aromatic N) is 2. The van der Waals surface area contributed by atoms with Gasteiger partial charge in [-0.1, -0.05) is 50.1 Å². The number of halogens is 3. The van der Waals surface area contributed by atoms with Crippen molar-refractivity contribution in [2.45, 2.75) is 63.5 Å². The van der Waals surface area contributed by atoms with Crippen LogP contribution in [0, 0.1) is 11.8 Å². The normalized spacial score (nSPS) is 22.2. The number of hydrogen-bond donors (Lipinski definition) is 3. The van der Waals surface area contributed by atoms with Crippen molar-refractivity contribution in [2.24, 2.45) is 11.8 Å². The number of rotatable bonds is 10. The molecule has 5 atom stereocenters. The van der Waals surface area contributed by atoms with Crippen LogP contribution in [-0.4, -0.2) is 66.4 Å². The standard InChI is InChI=1S/C29H36F3N5O5/c1-18-7-6-10-21(13-18)25(36-28(40)42-16-19-8-4-3-5-9-19)26(38)35-24-14-20(11-12-33-24)22(17-41-2)37-15-23(29(30,31)32)34-27(37)39/h3-5,8-9,11-12,14,18,21-23,25H,6-7,10,13,15-17H2,1-2H3,(H,34,39)(H,36,40)(H,33,35,38)/t18-,21?,22-,23+,25?/m1/s1. The van der Waals surface area contributed by atoms with Gasteiger partial charge in [-0.3, -0.25) is 4.79 Å². The summed E-state index contributed by atoms with van der Waals surface area (Å²) in [6, 6.07) is 7.58. The Morgan fingerprint density at radius 2 is 1.95 bits per heavy atom. The third-order valence-electron chi connectivity index (χ3n) is 7.67. The van der Waals surface area contributed by atoms with Crippen LogP contribution >= 0.6 is 0 Å². The molecule has 2 aliphatic rings. The summed E-state index contributed by atoms with van der Waals surface area (Å²) in [6.07, 6.45) is -0.492. The van der Waals surface area contributed by atoms with Gasteiger partial charge in [-0.05, 0) is 47.9 Å². The molecule has 4 rings (SSSR count). The van der Waals surface area contributed by atoms with E-state index in [1.165, 1.54) is 19.4 Å². The van der Waals surface area contributed by atoms with Gasteiger partial charge >= 0.3 is 18.3 Å². The molecular formula is C29H36F3N5O5. The highest BCUT2D eigenvalue weighted by molar-refractivity contribution is 5.96. The number of pyridine rings is 1. The molecule has 0 radical (unpaired) electrons. The topological polar surface area (TPSA) is 122 Å². The van der Waals surface area contributed by atoms with E-state index in [4.69, 9.17) is 9.47 Å². The second-order valence-corrected chi connectivity index (χ2v) is 10.8. The van der Waals surface area contributed by atoms with E-state index in [-0.39, 0.29) is 24.9 Å². The molecule has 4 amide bonds. The molecule has 0 spiro atoms. The summed E-state index contributed by atoms with van der Waals surface area (Å²) in [6.45, 7) is 1.49. The first-order valence-corrected chi connectivity index (χ1v) is 13.9. The van der Waals surface area contributed by atoms with Crippen LogP contribution in [-0.2, 0) is 20.9 Å².